The Bertz CT molecular complexity index is 1230. The third-order valence-electron chi connectivity index (χ3n) is 6.87. The molecular weight excluding hydrogens is 433 g/mol. The minimum Gasteiger partial charge on any atom is -0.386 e. The van der Waals surface area contributed by atoms with Crippen LogP contribution in [0.3, 0.4) is 0 Å². The van der Waals surface area contributed by atoms with Crippen molar-refractivity contribution in [1.82, 2.24) is 20.1 Å². The number of nitrogens with one attached hydrogen (secondary N) is 3. The molecule has 0 saturated carbocycles. The van der Waals surface area contributed by atoms with Gasteiger partial charge in [-0.25, -0.2) is 4.39 Å². The van der Waals surface area contributed by atoms with E-state index in [0.29, 0.717) is 47.5 Å². The number of benzene rings is 2. The van der Waals surface area contributed by atoms with E-state index in [4.69, 9.17) is 0 Å². The molecule has 2 aliphatic rings. The van der Waals surface area contributed by atoms with E-state index >= 15 is 0 Å². The third-order valence-corrected chi connectivity index (χ3v) is 6.87. The average molecular weight is 464 g/mol. The highest BCUT2D eigenvalue weighted by atomic mass is 19.1. The fourth-order valence-corrected chi connectivity index (χ4v) is 5.00. The third kappa shape index (κ3) is 4.50. The van der Waals surface area contributed by atoms with Crippen molar-refractivity contribution in [1.29, 1.82) is 0 Å². The van der Waals surface area contributed by atoms with Gasteiger partial charge in [0.1, 0.15) is 11.5 Å². The first-order valence-corrected chi connectivity index (χ1v) is 11.9. The van der Waals surface area contributed by atoms with Crippen LogP contribution in [0, 0.1) is 5.82 Å². The molecule has 3 aromatic rings. The predicted octanol–water partition coefficient (Wildman–Crippen LogP) is 3.37. The van der Waals surface area contributed by atoms with Gasteiger partial charge in [-0.05, 0) is 73.8 Å². The standard InChI is InChI=1S/C26H30FN5O2/c1-28-22-15-21(27)13-19-14-23(30-24(19)22)26(34)32-10-6-17-4-5-18(12-20(17)16-32)25(33)29-7-11-31-8-2-3-9-31/h4-5,12-15,28,30H,2-3,6-11,16H2,1H3,(H,29,33). The van der Waals surface area contributed by atoms with Gasteiger partial charge in [-0.1, -0.05) is 6.07 Å². The second-order valence-corrected chi connectivity index (χ2v) is 9.12. The molecule has 3 heterocycles. The van der Waals surface area contributed by atoms with Crippen LogP contribution in [0.2, 0.25) is 0 Å². The van der Waals surface area contributed by atoms with Crippen LogP contribution in [0.5, 0.6) is 0 Å². The predicted molar refractivity (Wildman–Crippen MR) is 131 cm³/mol. The molecule has 1 fully saturated rings. The van der Waals surface area contributed by atoms with Crippen LogP contribution in [-0.2, 0) is 13.0 Å². The normalized spacial score (nSPS) is 16.0. The molecule has 2 amide bonds. The van der Waals surface area contributed by atoms with Gasteiger partial charge in [0.05, 0.1) is 11.2 Å². The highest BCUT2D eigenvalue weighted by molar-refractivity contribution is 6.01. The van der Waals surface area contributed by atoms with Gasteiger partial charge >= 0.3 is 0 Å². The van der Waals surface area contributed by atoms with Gasteiger partial charge in [0.2, 0.25) is 0 Å². The topological polar surface area (TPSA) is 80.5 Å². The van der Waals surface area contributed by atoms with Crippen molar-refractivity contribution in [3.05, 3.63) is 64.6 Å². The zero-order chi connectivity index (χ0) is 23.7. The maximum absolute atomic E-state index is 13.9. The number of amides is 2. The Hall–Kier alpha value is -3.39. The number of nitrogens with zero attached hydrogens (tertiary/aromatic N) is 2. The van der Waals surface area contributed by atoms with Crippen LogP contribution in [0.4, 0.5) is 10.1 Å². The number of fused-ring (bicyclic) bond motifs is 2. The summed E-state index contributed by atoms with van der Waals surface area (Å²) >= 11 is 0. The molecule has 0 radical (unpaired) electrons. The summed E-state index contributed by atoms with van der Waals surface area (Å²) in [6.07, 6.45) is 3.20. The van der Waals surface area contributed by atoms with Crippen molar-refractivity contribution in [3.63, 3.8) is 0 Å². The van der Waals surface area contributed by atoms with Crippen LogP contribution in [-0.4, -0.2) is 66.4 Å². The molecule has 178 valence electrons. The monoisotopic (exact) mass is 463 g/mol. The summed E-state index contributed by atoms with van der Waals surface area (Å²) in [5, 5.41) is 6.64. The summed E-state index contributed by atoms with van der Waals surface area (Å²) in [7, 11) is 1.72. The van der Waals surface area contributed by atoms with E-state index in [1.54, 1.807) is 18.0 Å². The number of rotatable bonds is 6. The van der Waals surface area contributed by atoms with Crippen LogP contribution in [0.25, 0.3) is 10.9 Å². The molecule has 2 aliphatic heterocycles. The molecule has 1 aromatic heterocycles. The molecule has 5 rings (SSSR count). The Balaban J connectivity index is 1.28. The SMILES string of the molecule is CNc1cc(F)cc2cc(C(=O)N3CCc4ccc(C(=O)NCCN5CCCC5)cc4C3)[nH]c12. The fourth-order valence-electron chi connectivity index (χ4n) is 5.00. The van der Waals surface area contributed by atoms with E-state index < -0.39 is 0 Å². The van der Waals surface area contributed by atoms with Crippen molar-refractivity contribution in [2.24, 2.45) is 0 Å². The summed E-state index contributed by atoms with van der Waals surface area (Å²) in [6, 6.07) is 10.3. The minimum absolute atomic E-state index is 0.0808. The Kier molecular flexibility index (Phi) is 6.24. The zero-order valence-electron chi connectivity index (χ0n) is 19.4. The van der Waals surface area contributed by atoms with Gasteiger partial charge in [-0.3, -0.25) is 9.59 Å². The summed E-state index contributed by atoms with van der Waals surface area (Å²) < 4.78 is 13.9. The second-order valence-electron chi connectivity index (χ2n) is 9.12. The Morgan fingerprint density at radius 1 is 1.06 bits per heavy atom. The van der Waals surface area contributed by atoms with E-state index in [1.165, 1.54) is 25.0 Å². The van der Waals surface area contributed by atoms with Gasteiger partial charge in [-0.2, -0.15) is 0 Å². The number of carbonyl (C=O) groups excluding carboxylic acids is 2. The second kappa shape index (κ2) is 9.46. The highest BCUT2D eigenvalue weighted by Gasteiger charge is 2.24. The molecule has 3 N–H and O–H groups in total. The lowest BCUT2D eigenvalue weighted by Crippen LogP contribution is -2.36. The number of likely N-dealkylation sites (tertiary alicyclic amines) is 1. The van der Waals surface area contributed by atoms with Crippen LogP contribution in [0.1, 0.15) is 44.8 Å². The van der Waals surface area contributed by atoms with E-state index in [9.17, 15) is 14.0 Å². The van der Waals surface area contributed by atoms with Crippen molar-refractivity contribution in [2.45, 2.75) is 25.8 Å². The number of aromatic amines is 1. The van der Waals surface area contributed by atoms with Crippen molar-refractivity contribution in [2.75, 3.05) is 45.1 Å². The van der Waals surface area contributed by atoms with Crippen LogP contribution >= 0.6 is 0 Å². The maximum atomic E-state index is 13.9. The molecule has 2 aromatic carbocycles. The first-order valence-electron chi connectivity index (χ1n) is 11.9. The van der Waals surface area contributed by atoms with Crippen molar-refractivity contribution in [3.8, 4) is 0 Å². The molecule has 1 saturated heterocycles. The number of hydrogen-bond donors (Lipinski definition) is 3. The van der Waals surface area contributed by atoms with E-state index in [2.05, 4.69) is 20.5 Å². The molecule has 7 nitrogen and oxygen atoms in total. The molecule has 34 heavy (non-hydrogen) atoms. The number of aromatic nitrogens is 1. The average Bonchev–Trinajstić information content (AvgIpc) is 3.52. The Morgan fingerprint density at radius 2 is 1.88 bits per heavy atom. The Morgan fingerprint density at radius 3 is 2.68 bits per heavy atom. The highest BCUT2D eigenvalue weighted by Crippen LogP contribution is 2.27. The Labute approximate surface area is 198 Å². The quantitative estimate of drug-likeness (QED) is 0.524. The van der Waals surface area contributed by atoms with Gasteiger partial charge < -0.3 is 25.4 Å². The van der Waals surface area contributed by atoms with Crippen LogP contribution in [0.15, 0.2) is 36.4 Å². The number of hydrogen-bond acceptors (Lipinski definition) is 4. The minimum atomic E-state index is -0.354. The van der Waals surface area contributed by atoms with Gasteiger partial charge in [-0.15, -0.1) is 0 Å². The number of anilines is 1. The number of carbonyl (C=O) groups is 2. The van der Waals surface area contributed by atoms with Gasteiger partial charge in [0.25, 0.3) is 11.8 Å². The summed E-state index contributed by atoms with van der Waals surface area (Å²) in [4.78, 5) is 33.2. The molecule has 0 bridgehead atoms. The lowest BCUT2D eigenvalue weighted by Gasteiger charge is -2.29. The first-order chi connectivity index (χ1) is 16.5. The number of halogens is 1. The summed E-state index contributed by atoms with van der Waals surface area (Å²) in [5.41, 5.74) is 4.51. The maximum Gasteiger partial charge on any atom is 0.270 e. The molecule has 0 spiro atoms. The largest absolute Gasteiger partial charge is 0.386 e. The zero-order valence-corrected chi connectivity index (χ0v) is 19.4. The van der Waals surface area contributed by atoms with E-state index in [-0.39, 0.29) is 17.6 Å². The molecule has 0 aliphatic carbocycles. The smallest absolute Gasteiger partial charge is 0.270 e. The summed E-state index contributed by atoms with van der Waals surface area (Å²) in [6.45, 7) is 4.76. The first kappa shape index (κ1) is 22.4. The molecule has 0 unspecified atom stereocenters. The van der Waals surface area contributed by atoms with Crippen molar-refractivity contribution < 1.29 is 14.0 Å². The lowest BCUT2D eigenvalue weighted by molar-refractivity contribution is 0.0729. The lowest BCUT2D eigenvalue weighted by atomic mass is 9.97. The number of H-pyrrole nitrogens is 1. The van der Waals surface area contributed by atoms with Gasteiger partial charge in [0.15, 0.2) is 0 Å². The molecule has 8 heteroatoms. The van der Waals surface area contributed by atoms with Gasteiger partial charge in [0, 0.05) is 44.2 Å². The molecular formula is C26H30FN5O2. The fraction of sp³-hybridized carbons (Fsp3) is 0.385. The van der Waals surface area contributed by atoms with E-state index in [1.807, 2.05) is 18.2 Å². The van der Waals surface area contributed by atoms with E-state index in [0.717, 1.165) is 37.2 Å². The van der Waals surface area contributed by atoms with Crippen LogP contribution < -0.4 is 10.6 Å². The van der Waals surface area contributed by atoms with Crippen molar-refractivity contribution >= 4 is 28.4 Å². The summed E-state index contributed by atoms with van der Waals surface area (Å²) in [5.74, 6) is -0.569. The molecule has 0 atom stereocenters.